The van der Waals surface area contributed by atoms with Crippen LogP contribution in [0.5, 0.6) is 0 Å². The fraction of sp³-hybridized carbons (Fsp3) is 0.261. The molecule has 0 unspecified atom stereocenters. The molecule has 4 rings (SSSR count). The maximum atomic E-state index is 13.0. The van der Waals surface area contributed by atoms with E-state index >= 15 is 0 Å². The Labute approximate surface area is 178 Å². The van der Waals surface area contributed by atoms with Crippen LogP contribution >= 0.6 is 15.9 Å². The molecule has 6 heteroatoms. The van der Waals surface area contributed by atoms with Crippen LogP contribution in [-0.4, -0.2) is 39.5 Å². The summed E-state index contributed by atoms with van der Waals surface area (Å²) in [5, 5.41) is 4.41. The Bertz CT molecular complexity index is 1020. The van der Waals surface area contributed by atoms with Crippen LogP contribution in [0.1, 0.15) is 39.3 Å². The highest BCUT2D eigenvalue weighted by atomic mass is 79.9. The lowest BCUT2D eigenvalue weighted by atomic mass is 9.88. The number of Topliss-reactive ketones (excluding diaryl/α,β-unsaturated/α-hetero) is 1. The van der Waals surface area contributed by atoms with Crippen LogP contribution in [0, 0.1) is 12.8 Å². The van der Waals surface area contributed by atoms with Gasteiger partial charge in [0.1, 0.15) is 0 Å². The zero-order chi connectivity index (χ0) is 20.4. The zero-order valence-electron chi connectivity index (χ0n) is 16.2. The van der Waals surface area contributed by atoms with Gasteiger partial charge in [-0.25, -0.2) is 4.68 Å². The van der Waals surface area contributed by atoms with Gasteiger partial charge in [-0.05, 0) is 44.0 Å². The van der Waals surface area contributed by atoms with Crippen LogP contribution in [-0.2, 0) is 0 Å². The Morgan fingerprint density at radius 2 is 1.66 bits per heavy atom. The van der Waals surface area contributed by atoms with Gasteiger partial charge in [0.25, 0.3) is 5.91 Å². The van der Waals surface area contributed by atoms with E-state index in [1.807, 2.05) is 66.4 Å². The summed E-state index contributed by atoms with van der Waals surface area (Å²) in [6.07, 6.45) is 3.03. The number of carbonyl (C=O) groups excluding carboxylic acids is 2. The molecular formula is C23H22BrN3O2. The molecule has 1 fully saturated rings. The molecule has 1 saturated heterocycles. The third-order valence-electron chi connectivity index (χ3n) is 5.52. The molecule has 0 spiro atoms. The second-order valence-corrected chi connectivity index (χ2v) is 8.24. The highest BCUT2D eigenvalue weighted by Crippen LogP contribution is 2.24. The Kier molecular flexibility index (Phi) is 5.62. The van der Waals surface area contributed by atoms with Crippen molar-refractivity contribution in [3.8, 4) is 5.69 Å². The first-order valence-electron chi connectivity index (χ1n) is 9.73. The highest BCUT2D eigenvalue weighted by Gasteiger charge is 2.29. The molecule has 0 saturated carbocycles. The van der Waals surface area contributed by atoms with Crippen LogP contribution in [0.4, 0.5) is 0 Å². The topological polar surface area (TPSA) is 55.2 Å². The summed E-state index contributed by atoms with van der Waals surface area (Å²) in [7, 11) is 0. The molecule has 0 radical (unpaired) electrons. The van der Waals surface area contributed by atoms with Gasteiger partial charge >= 0.3 is 0 Å². The number of hydrogen-bond acceptors (Lipinski definition) is 3. The van der Waals surface area contributed by atoms with Gasteiger partial charge in [0.2, 0.25) is 0 Å². The quantitative estimate of drug-likeness (QED) is 0.541. The summed E-state index contributed by atoms with van der Waals surface area (Å²) >= 11 is 3.43. The molecule has 148 valence electrons. The summed E-state index contributed by atoms with van der Waals surface area (Å²) < 4.78 is 2.78. The molecule has 2 heterocycles. The van der Waals surface area contributed by atoms with Crippen molar-refractivity contribution < 1.29 is 9.59 Å². The van der Waals surface area contributed by atoms with Crippen molar-refractivity contribution in [3.63, 3.8) is 0 Å². The molecule has 0 bridgehead atoms. The monoisotopic (exact) mass is 451 g/mol. The summed E-state index contributed by atoms with van der Waals surface area (Å²) in [5.41, 5.74) is 3.10. The second-order valence-electron chi connectivity index (χ2n) is 7.33. The minimum Gasteiger partial charge on any atom is -0.338 e. The molecule has 5 nitrogen and oxygen atoms in total. The lowest BCUT2D eigenvalue weighted by Crippen LogP contribution is -2.40. The van der Waals surface area contributed by atoms with Gasteiger partial charge < -0.3 is 4.90 Å². The molecule has 2 aromatic carbocycles. The number of likely N-dealkylation sites (tertiary alicyclic amines) is 1. The van der Waals surface area contributed by atoms with Crippen molar-refractivity contribution in [2.45, 2.75) is 19.8 Å². The second kappa shape index (κ2) is 8.33. The van der Waals surface area contributed by atoms with Crippen molar-refractivity contribution in [1.29, 1.82) is 0 Å². The number of amides is 1. The number of hydrogen-bond donors (Lipinski definition) is 0. The SMILES string of the molecule is Cc1c(C(=O)N2CCC(C(=O)c3ccccc3)CC2)cnn1-c1ccc(Br)cc1. The molecule has 0 aliphatic carbocycles. The van der Waals surface area contributed by atoms with Gasteiger partial charge in [-0.1, -0.05) is 46.3 Å². The van der Waals surface area contributed by atoms with E-state index in [4.69, 9.17) is 0 Å². The first kappa shape index (κ1) is 19.6. The Hall–Kier alpha value is -2.73. The summed E-state index contributed by atoms with van der Waals surface area (Å²) in [4.78, 5) is 27.5. The zero-order valence-corrected chi connectivity index (χ0v) is 17.8. The standard InChI is InChI=1S/C23H22BrN3O2/c1-16-21(15-25-27(16)20-9-7-19(24)8-10-20)23(29)26-13-11-18(12-14-26)22(28)17-5-3-2-4-6-17/h2-10,15,18H,11-14H2,1H3. The fourth-order valence-corrected chi connectivity index (χ4v) is 4.08. The minimum absolute atomic E-state index is 0.0172. The van der Waals surface area contributed by atoms with Gasteiger partial charge in [-0.3, -0.25) is 9.59 Å². The van der Waals surface area contributed by atoms with Crippen LogP contribution in [0.15, 0.2) is 65.3 Å². The third-order valence-corrected chi connectivity index (χ3v) is 6.05. The molecule has 29 heavy (non-hydrogen) atoms. The number of piperidine rings is 1. The number of nitrogens with zero attached hydrogens (tertiary/aromatic N) is 3. The molecule has 1 aromatic heterocycles. The third kappa shape index (κ3) is 4.03. The number of aromatic nitrogens is 2. The van der Waals surface area contributed by atoms with Gasteiger partial charge in [0.05, 0.1) is 23.1 Å². The van der Waals surface area contributed by atoms with Crippen molar-refractivity contribution in [1.82, 2.24) is 14.7 Å². The lowest BCUT2D eigenvalue weighted by molar-refractivity contribution is 0.0649. The molecule has 0 atom stereocenters. The van der Waals surface area contributed by atoms with Gasteiger partial charge in [0, 0.05) is 29.0 Å². The van der Waals surface area contributed by atoms with E-state index in [1.165, 1.54) is 0 Å². The number of benzene rings is 2. The van der Waals surface area contributed by atoms with Gasteiger partial charge in [-0.2, -0.15) is 5.10 Å². The van der Waals surface area contributed by atoms with Crippen LogP contribution in [0.25, 0.3) is 5.69 Å². The minimum atomic E-state index is -0.0203. The maximum Gasteiger partial charge on any atom is 0.257 e. The first-order chi connectivity index (χ1) is 14.0. The normalized spacial score (nSPS) is 14.8. The molecule has 0 N–H and O–H groups in total. The van der Waals surface area contributed by atoms with Crippen molar-refractivity contribution in [3.05, 3.63) is 82.1 Å². The summed E-state index contributed by atoms with van der Waals surface area (Å²) in [6.45, 7) is 3.09. The van der Waals surface area contributed by atoms with E-state index in [-0.39, 0.29) is 17.6 Å². The number of carbonyl (C=O) groups is 2. The van der Waals surface area contributed by atoms with E-state index in [2.05, 4.69) is 21.0 Å². The first-order valence-corrected chi connectivity index (χ1v) is 10.5. The lowest BCUT2D eigenvalue weighted by Gasteiger charge is -2.31. The molecule has 3 aromatic rings. The highest BCUT2D eigenvalue weighted by molar-refractivity contribution is 9.10. The van der Waals surface area contributed by atoms with Gasteiger partial charge in [-0.15, -0.1) is 0 Å². The maximum absolute atomic E-state index is 13.0. The Morgan fingerprint density at radius 3 is 2.31 bits per heavy atom. The molecule has 1 aliphatic heterocycles. The number of rotatable bonds is 4. The predicted molar refractivity (Wildman–Crippen MR) is 115 cm³/mol. The molecule has 1 aliphatic rings. The van der Waals surface area contributed by atoms with Crippen molar-refractivity contribution >= 4 is 27.6 Å². The van der Waals surface area contributed by atoms with Crippen molar-refractivity contribution in [2.24, 2.45) is 5.92 Å². The van der Waals surface area contributed by atoms with Crippen molar-refractivity contribution in [2.75, 3.05) is 13.1 Å². The summed E-state index contributed by atoms with van der Waals surface area (Å²) in [6, 6.07) is 17.2. The Balaban J connectivity index is 1.44. The largest absolute Gasteiger partial charge is 0.338 e. The predicted octanol–water partition coefficient (Wildman–Crippen LogP) is 4.68. The average molecular weight is 452 g/mol. The molecular weight excluding hydrogens is 430 g/mol. The van der Waals surface area contributed by atoms with Gasteiger partial charge in [0.15, 0.2) is 5.78 Å². The summed E-state index contributed by atoms with van der Waals surface area (Å²) in [5.74, 6) is 0.140. The number of halogens is 1. The van der Waals surface area contributed by atoms with E-state index < -0.39 is 0 Å². The van der Waals surface area contributed by atoms with Crippen LogP contribution in [0.3, 0.4) is 0 Å². The fourth-order valence-electron chi connectivity index (χ4n) is 3.82. The van der Waals surface area contributed by atoms with E-state index in [1.54, 1.807) is 10.9 Å². The van der Waals surface area contributed by atoms with E-state index in [0.717, 1.165) is 21.4 Å². The van der Waals surface area contributed by atoms with Crippen LogP contribution in [0.2, 0.25) is 0 Å². The molecule has 1 amide bonds. The van der Waals surface area contributed by atoms with E-state index in [9.17, 15) is 9.59 Å². The smallest absolute Gasteiger partial charge is 0.257 e. The van der Waals surface area contributed by atoms with Crippen LogP contribution < -0.4 is 0 Å². The van der Waals surface area contributed by atoms with E-state index in [0.29, 0.717) is 31.5 Å². The Morgan fingerprint density at radius 1 is 1.00 bits per heavy atom. The average Bonchev–Trinajstić information content (AvgIpc) is 3.15. The number of ketones is 1.